The minimum atomic E-state index is -0.813. The summed E-state index contributed by atoms with van der Waals surface area (Å²) in [6.45, 7) is 3.89. The maximum absolute atomic E-state index is 10.7. The number of rotatable bonds is 7. The molecule has 0 radical (unpaired) electrons. The molecule has 0 bridgehead atoms. The van der Waals surface area contributed by atoms with Crippen LogP contribution in [-0.4, -0.2) is 44.5 Å². The molecule has 10 heteroatoms. The molecule has 0 aromatic rings. The van der Waals surface area contributed by atoms with Gasteiger partial charge in [0, 0.05) is 26.6 Å². The molecular weight excluding hydrogens is 332 g/mol. The summed E-state index contributed by atoms with van der Waals surface area (Å²) in [6, 6.07) is 0. The van der Waals surface area contributed by atoms with Crippen LogP contribution in [0.1, 0.15) is 15.2 Å². The summed E-state index contributed by atoms with van der Waals surface area (Å²) in [5, 5.41) is 8.23. The van der Waals surface area contributed by atoms with Crippen molar-refractivity contribution in [2.45, 2.75) is 13.8 Å². The number of carboxylic acids is 1. The first kappa shape index (κ1) is 25.4. The van der Waals surface area contributed by atoms with E-state index in [0.717, 1.165) is 0 Å². The monoisotopic (exact) mass is 355 g/mol. The van der Waals surface area contributed by atoms with Crippen LogP contribution in [0.3, 0.4) is 0 Å². The van der Waals surface area contributed by atoms with E-state index >= 15 is 0 Å². The molecule has 22 heavy (non-hydrogen) atoms. The minimum Gasteiger partial charge on any atom is -0.481 e. The molecule has 0 saturated carbocycles. The summed E-state index contributed by atoms with van der Waals surface area (Å²) in [5.74, 6) is -1.97. The summed E-state index contributed by atoms with van der Waals surface area (Å²) in [6.07, 6.45) is 5.76. The zero-order valence-corrected chi connectivity index (χ0v) is 14.5. The number of terminal acetylenes is 1. The van der Waals surface area contributed by atoms with Crippen molar-refractivity contribution in [3.05, 3.63) is 0 Å². The van der Waals surface area contributed by atoms with E-state index in [1.165, 1.54) is 20.6 Å². The van der Waals surface area contributed by atoms with Crippen LogP contribution in [-0.2, 0) is 48.8 Å². The maximum Gasteiger partial charge on any atom is 0.341 e. The van der Waals surface area contributed by atoms with E-state index in [-0.39, 0.29) is 18.4 Å². The lowest BCUT2D eigenvalue weighted by molar-refractivity contribution is -0.149. The summed E-state index contributed by atoms with van der Waals surface area (Å²) < 4.78 is 23.2. The second-order valence-electron chi connectivity index (χ2n) is 3.54. The SMILES string of the molecule is COCC(C)C(=O)O.COCC(C)C(=O)ON=S.N=S.[2H]C#C. The molecule has 2 unspecified atom stereocenters. The lowest BCUT2D eigenvalue weighted by Gasteiger charge is -2.03. The number of aliphatic carboxylic acids is 1. The van der Waals surface area contributed by atoms with Crippen molar-refractivity contribution in [3.63, 3.8) is 0 Å². The molecule has 0 aliphatic carbocycles. The van der Waals surface area contributed by atoms with E-state index in [1.54, 1.807) is 13.8 Å². The van der Waals surface area contributed by atoms with Gasteiger partial charge in [0.25, 0.3) is 0 Å². The number of hydrogen-bond donors (Lipinski definition) is 2. The van der Waals surface area contributed by atoms with Gasteiger partial charge in [-0.15, -0.1) is 12.8 Å². The van der Waals surface area contributed by atoms with Gasteiger partial charge >= 0.3 is 11.9 Å². The zero-order chi connectivity index (χ0) is 19.3. The zero-order valence-electron chi connectivity index (χ0n) is 13.9. The van der Waals surface area contributed by atoms with Crippen LogP contribution in [0, 0.1) is 29.4 Å². The van der Waals surface area contributed by atoms with Crippen LogP contribution in [0.15, 0.2) is 4.53 Å². The average Bonchev–Trinajstić information content (AvgIpc) is 2.51. The Kier molecular flexibility index (Phi) is 28.3. The Morgan fingerprint density at radius 2 is 1.64 bits per heavy atom. The predicted octanol–water partition coefficient (Wildman–Crippen LogP) is 1.36. The normalized spacial score (nSPS) is 11.0. The topological polar surface area (TPSA) is 118 Å². The van der Waals surface area contributed by atoms with Gasteiger partial charge in [-0.1, -0.05) is 0 Å². The Morgan fingerprint density at radius 3 is 1.86 bits per heavy atom. The fourth-order valence-electron chi connectivity index (χ4n) is 0.766. The van der Waals surface area contributed by atoms with Crippen LogP contribution in [0.25, 0.3) is 0 Å². The molecule has 0 amide bonds. The predicted molar refractivity (Wildman–Crippen MR) is 85.6 cm³/mol. The fourth-order valence-corrected chi connectivity index (χ4v) is 0.839. The Hall–Kier alpha value is -1.54. The van der Waals surface area contributed by atoms with Crippen molar-refractivity contribution in [2.75, 3.05) is 27.4 Å². The summed E-state index contributed by atoms with van der Waals surface area (Å²) >= 11 is 7.41. The second kappa shape index (κ2) is 24.5. The van der Waals surface area contributed by atoms with Gasteiger partial charge in [-0.25, -0.2) is 9.57 Å². The number of carbonyl (C=O) groups is 2. The van der Waals surface area contributed by atoms with Crippen LogP contribution < -0.4 is 0 Å². The molecule has 8 nitrogen and oxygen atoms in total. The van der Waals surface area contributed by atoms with Crippen molar-refractivity contribution in [1.29, 1.82) is 4.78 Å². The van der Waals surface area contributed by atoms with E-state index in [2.05, 4.69) is 45.4 Å². The molecule has 0 saturated heterocycles. The number of nitrogens with one attached hydrogen (secondary N) is 1. The Morgan fingerprint density at radius 1 is 1.27 bits per heavy atom. The molecule has 0 aromatic heterocycles. The third-order valence-corrected chi connectivity index (χ3v) is 1.86. The van der Waals surface area contributed by atoms with E-state index in [0.29, 0.717) is 6.61 Å². The Labute approximate surface area is 143 Å². The van der Waals surface area contributed by atoms with E-state index in [1.807, 2.05) is 0 Å². The van der Waals surface area contributed by atoms with E-state index in [9.17, 15) is 9.59 Å². The van der Waals surface area contributed by atoms with Crippen LogP contribution in [0.4, 0.5) is 0 Å². The second-order valence-corrected chi connectivity index (χ2v) is 3.68. The molecule has 0 spiro atoms. The van der Waals surface area contributed by atoms with Crippen molar-refractivity contribution in [3.8, 4) is 12.8 Å². The maximum atomic E-state index is 10.7. The molecule has 0 fully saturated rings. The van der Waals surface area contributed by atoms with Crippen molar-refractivity contribution < 1.29 is 30.4 Å². The van der Waals surface area contributed by atoms with Gasteiger partial charge in [-0.3, -0.25) is 4.79 Å². The minimum absolute atomic E-state index is 0.287. The summed E-state index contributed by atoms with van der Waals surface area (Å²) in [7, 11) is 2.99. The first-order valence-corrected chi connectivity index (χ1v) is 6.41. The Balaban J connectivity index is -0.000000124. The fraction of sp³-hybridized carbons (Fsp3) is 0.667. The number of nitrogens with zero attached hydrogens (tertiary/aromatic N) is 1. The van der Waals surface area contributed by atoms with Gasteiger partial charge in [0.05, 0.1) is 37.5 Å². The smallest absolute Gasteiger partial charge is 0.341 e. The van der Waals surface area contributed by atoms with Crippen molar-refractivity contribution >= 4 is 36.8 Å². The van der Waals surface area contributed by atoms with Gasteiger partial charge < -0.3 is 19.4 Å². The van der Waals surface area contributed by atoms with E-state index < -0.39 is 11.9 Å². The van der Waals surface area contributed by atoms with Gasteiger partial charge in [-0.05, 0) is 18.4 Å². The first-order valence-electron chi connectivity index (χ1n) is 6.14. The highest BCUT2D eigenvalue weighted by atomic mass is 32.1. The molecule has 128 valence electrons. The average molecular weight is 355 g/mol. The van der Waals surface area contributed by atoms with Crippen LogP contribution in [0.2, 0.25) is 0 Å². The lowest BCUT2D eigenvalue weighted by atomic mass is 10.2. The lowest BCUT2D eigenvalue weighted by Crippen LogP contribution is -2.16. The number of carbonyl (C=O) groups excluding carboxylic acids is 1. The number of methoxy groups -OCH3 is 2. The van der Waals surface area contributed by atoms with Crippen molar-refractivity contribution in [2.24, 2.45) is 16.4 Å². The third-order valence-electron chi connectivity index (χ3n) is 1.78. The first-order chi connectivity index (χ1) is 10.8. The Bertz CT molecular complexity index is 355. The molecule has 2 atom stereocenters. The number of carboxylic acid groups (broad SMARTS) is 1. The number of ether oxygens (including phenoxy) is 2. The molecule has 2 N–H and O–H groups in total. The van der Waals surface area contributed by atoms with Gasteiger partial charge in [0.2, 0.25) is 0 Å². The molecule has 0 aromatic carbocycles. The quantitative estimate of drug-likeness (QED) is 0.519. The van der Waals surface area contributed by atoms with Crippen LogP contribution in [0.5, 0.6) is 0 Å². The van der Waals surface area contributed by atoms with Gasteiger partial charge in [0.1, 0.15) is 1.37 Å². The van der Waals surface area contributed by atoms with E-state index in [4.69, 9.17) is 16.0 Å². The molecule has 0 heterocycles. The van der Waals surface area contributed by atoms with Gasteiger partial charge in [0.15, 0.2) is 0 Å². The van der Waals surface area contributed by atoms with Crippen molar-refractivity contribution in [1.82, 2.24) is 0 Å². The largest absolute Gasteiger partial charge is 0.481 e. The summed E-state index contributed by atoms with van der Waals surface area (Å²) in [4.78, 5) is 24.9. The molecular formula is C12H22N2O6S2. The standard InChI is InChI=1S/C5H9NO3S.C5H10O3.C2H2.HNS/c1-4(3-8-2)5(7)9-6-10;1-4(3-8-2)5(6)7;2*1-2/h4H,3H2,1-2H3;4H,3H2,1-2H3,(H,6,7);1-2H;1H/i;;1D;. The highest BCUT2D eigenvalue weighted by molar-refractivity contribution is 7.47. The summed E-state index contributed by atoms with van der Waals surface area (Å²) in [5.41, 5.74) is 0. The number of hydrogen-bond acceptors (Lipinski definition) is 9. The third kappa shape index (κ3) is 23.5. The van der Waals surface area contributed by atoms with Gasteiger partial charge in [-0.2, -0.15) is 0 Å². The molecule has 0 rings (SSSR count). The van der Waals surface area contributed by atoms with Crippen LogP contribution >= 0.6 is 0 Å². The highest BCUT2D eigenvalue weighted by Gasteiger charge is 2.13. The highest BCUT2D eigenvalue weighted by Crippen LogP contribution is 1.98. The molecule has 0 aliphatic rings. The molecule has 0 aliphatic heterocycles.